The fourth-order valence-electron chi connectivity index (χ4n) is 4.05. The van der Waals surface area contributed by atoms with Crippen molar-refractivity contribution < 1.29 is 33.2 Å². The molecular formula is C21H29NO7. The number of amides is 1. The summed E-state index contributed by atoms with van der Waals surface area (Å²) in [5.74, 6) is -1.08. The lowest BCUT2D eigenvalue weighted by Crippen LogP contribution is -2.59. The third-order valence-corrected chi connectivity index (χ3v) is 5.29. The molecule has 3 heterocycles. The first-order valence-electron chi connectivity index (χ1n) is 9.95. The number of fused-ring (bicyclic) bond motifs is 3. The van der Waals surface area contributed by atoms with Gasteiger partial charge in [0.1, 0.15) is 24.1 Å². The van der Waals surface area contributed by atoms with Gasteiger partial charge in [-0.25, -0.2) is 0 Å². The Hall–Kier alpha value is -1.71. The predicted molar refractivity (Wildman–Crippen MR) is 102 cm³/mol. The van der Waals surface area contributed by atoms with Gasteiger partial charge in [0.2, 0.25) is 0 Å². The molecule has 1 aromatic carbocycles. The number of carbonyl (C=O) groups excluding carboxylic acids is 1. The lowest BCUT2D eigenvalue weighted by atomic mass is 9.98. The standard InChI is InChI=1S/C21H29NO7/c1-20(2)26-14-15(27-20)17-19(29-21(3,4)28-17)25-16(14)18(23)22-11-10-12-6-8-13(24-5)9-7-12/h6-9,14-17,19H,10-11H2,1-5H3,(H,22,23)/t14-,15+,16-,17-,19+/m1/s1. The fourth-order valence-corrected chi connectivity index (χ4v) is 4.05. The average molecular weight is 407 g/mol. The number of nitrogens with one attached hydrogen (secondary N) is 1. The second-order valence-electron chi connectivity index (χ2n) is 8.48. The lowest BCUT2D eigenvalue weighted by Gasteiger charge is -2.36. The number of rotatable bonds is 5. The van der Waals surface area contributed by atoms with Crippen LogP contribution < -0.4 is 10.1 Å². The van der Waals surface area contributed by atoms with E-state index in [9.17, 15) is 4.79 Å². The Morgan fingerprint density at radius 1 is 0.966 bits per heavy atom. The van der Waals surface area contributed by atoms with Crippen LogP contribution in [0.25, 0.3) is 0 Å². The van der Waals surface area contributed by atoms with Gasteiger partial charge < -0.3 is 33.7 Å². The van der Waals surface area contributed by atoms with Crippen molar-refractivity contribution in [3.8, 4) is 5.75 Å². The van der Waals surface area contributed by atoms with E-state index in [0.717, 1.165) is 11.3 Å². The molecule has 3 fully saturated rings. The van der Waals surface area contributed by atoms with Gasteiger partial charge in [-0.3, -0.25) is 4.79 Å². The third-order valence-electron chi connectivity index (χ3n) is 5.29. The molecule has 5 atom stereocenters. The number of hydrogen-bond donors (Lipinski definition) is 1. The van der Waals surface area contributed by atoms with Crippen LogP contribution in [0, 0.1) is 0 Å². The van der Waals surface area contributed by atoms with Crippen LogP contribution >= 0.6 is 0 Å². The number of benzene rings is 1. The summed E-state index contributed by atoms with van der Waals surface area (Å²) >= 11 is 0. The normalized spacial score (nSPS) is 34.3. The van der Waals surface area contributed by atoms with E-state index in [0.29, 0.717) is 13.0 Å². The number of methoxy groups -OCH3 is 1. The van der Waals surface area contributed by atoms with Crippen LogP contribution in [0.1, 0.15) is 33.3 Å². The van der Waals surface area contributed by atoms with Crippen molar-refractivity contribution in [2.45, 2.75) is 76.4 Å². The van der Waals surface area contributed by atoms with E-state index >= 15 is 0 Å². The highest BCUT2D eigenvalue weighted by Gasteiger charge is 2.62. The van der Waals surface area contributed by atoms with E-state index < -0.39 is 42.3 Å². The van der Waals surface area contributed by atoms with Crippen LogP contribution in [-0.4, -0.2) is 61.8 Å². The molecule has 4 rings (SSSR count). The Labute approximate surface area is 170 Å². The van der Waals surface area contributed by atoms with E-state index in [4.69, 9.17) is 28.4 Å². The summed E-state index contributed by atoms with van der Waals surface area (Å²) in [6.07, 6.45) is -2.27. The molecule has 8 heteroatoms. The first-order valence-corrected chi connectivity index (χ1v) is 9.95. The molecule has 3 aliphatic heterocycles. The van der Waals surface area contributed by atoms with Gasteiger partial charge in [0.05, 0.1) is 7.11 Å². The molecule has 0 aromatic heterocycles. The second kappa shape index (κ2) is 7.52. The van der Waals surface area contributed by atoms with Crippen molar-refractivity contribution in [2.75, 3.05) is 13.7 Å². The van der Waals surface area contributed by atoms with E-state index in [1.165, 1.54) is 0 Å². The van der Waals surface area contributed by atoms with Gasteiger partial charge in [0.15, 0.2) is 24.0 Å². The topological polar surface area (TPSA) is 84.5 Å². The summed E-state index contributed by atoms with van der Waals surface area (Å²) in [5.41, 5.74) is 1.10. The zero-order valence-corrected chi connectivity index (χ0v) is 17.5. The highest BCUT2D eigenvalue weighted by Crippen LogP contribution is 2.44. The average Bonchev–Trinajstić information content (AvgIpc) is 3.15. The maximum Gasteiger partial charge on any atom is 0.252 e. The van der Waals surface area contributed by atoms with Gasteiger partial charge in [-0.15, -0.1) is 0 Å². The predicted octanol–water partition coefficient (Wildman–Crippen LogP) is 1.75. The molecule has 3 aliphatic rings. The molecule has 0 spiro atoms. The highest BCUT2D eigenvalue weighted by atomic mass is 16.9. The lowest BCUT2D eigenvalue weighted by molar-refractivity contribution is -0.231. The van der Waals surface area contributed by atoms with Crippen LogP contribution in [0.15, 0.2) is 24.3 Å². The molecule has 1 aromatic rings. The molecule has 1 N–H and O–H groups in total. The van der Waals surface area contributed by atoms with E-state index in [-0.39, 0.29) is 5.91 Å². The molecule has 160 valence electrons. The second-order valence-corrected chi connectivity index (χ2v) is 8.48. The minimum absolute atomic E-state index is 0.249. The zero-order chi connectivity index (χ0) is 20.8. The molecule has 3 saturated heterocycles. The minimum atomic E-state index is -0.837. The van der Waals surface area contributed by atoms with Gasteiger partial charge in [0.25, 0.3) is 5.91 Å². The largest absolute Gasteiger partial charge is 0.497 e. The monoisotopic (exact) mass is 407 g/mol. The molecule has 0 unspecified atom stereocenters. The quantitative estimate of drug-likeness (QED) is 0.796. The van der Waals surface area contributed by atoms with E-state index in [2.05, 4.69) is 5.32 Å². The minimum Gasteiger partial charge on any atom is -0.497 e. The fraction of sp³-hybridized carbons (Fsp3) is 0.667. The molecule has 8 nitrogen and oxygen atoms in total. The van der Waals surface area contributed by atoms with Crippen LogP contribution in [0.4, 0.5) is 0 Å². The highest BCUT2D eigenvalue weighted by molar-refractivity contribution is 5.81. The number of carbonyl (C=O) groups is 1. The summed E-state index contributed by atoms with van der Waals surface area (Å²) < 4.78 is 34.9. The number of hydrogen-bond acceptors (Lipinski definition) is 7. The van der Waals surface area contributed by atoms with Crippen molar-refractivity contribution in [3.05, 3.63) is 29.8 Å². The maximum atomic E-state index is 12.9. The van der Waals surface area contributed by atoms with Gasteiger partial charge in [-0.05, 0) is 51.8 Å². The first kappa shape index (κ1) is 20.6. The third kappa shape index (κ3) is 4.27. The number of ether oxygens (including phenoxy) is 6. The molecule has 1 amide bonds. The maximum absolute atomic E-state index is 12.9. The Morgan fingerprint density at radius 3 is 2.28 bits per heavy atom. The molecule has 0 saturated carbocycles. The molecular weight excluding hydrogens is 378 g/mol. The van der Waals surface area contributed by atoms with Gasteiger partial charge in [-0.1, -0.05) is 12.1 Å². The summed E-state index contributed by atoms with van der Waals surface area (Å²) in [4.78, 5) is 12.9. The molecule has 29 heavy (non-hydrogen) atoms. The summed E-state index contributed by atoms with van der Waals surface area (Å²) in [6.45, 7) is 7.74. The van der Waals surface area contributed by atoms with Gasteiger partial charge >= 0.3 is 0 Å². The smallest absolute Gasteiger partial charge is 0.252 e. The summed E-state index contributed by atoms with van der Waals surface area (Å²) in [6, 6.07) is 7.75. The summed E-state index contributed by atoms with van der Waals surface area (Å²) in [7, 11) is 1.63. The van der Waals surface area contributed by atoms with E-state index in [1.807, 2.05) is 52.0 Å². The van der Waals surface area contributed by atoms with Crippen LogP contribution in [0.2, 0.25) is 0 Å². The Kier molecular flexibility index (Phi) is 5.33. The molecule has 0 bridgehead atoms. The van der Waals surface area contributed by atoms with Crippen LogP contribution in [-0.2, 0) is 34.9 Å². The Morgan fingerprint density at radius 2 is 1.59 bits per heavy atom. The SMILES string of the molecule is COc1ccc(CCNC(=O)[C@@H]2O[C@H]3OC(C)(C)O[C@@H]3[C@H]3OC(C)(C)O[C@H]32)cc1. The van der Waals surface area contributed by atoms with Crippen LogP contribution in [0.5, 0.6) is 5.75 Å². The Bertz CT molecular complexity index is 748. The van der Waals surface area contributed by atoms with E-state index in [1.54, 1.807) is 7.11 Å². The molecule has 0 radical (unpaired) electrons. The Balaban J connectivity index is 1.40. The summed E-state index contributed by atoms with van der Waals surface area (Å²) in [5, 5.41) is 2.94. The van der Waals surface area contributed by atoms with Crippen molar-refractivity contribution in [2.24, 2.45) is 0 Å². The van der Waals surface area contributed by atoms with Crippen molar-refractivity contribution in [1.29, 1.82) is 0 Å². The van der Waals surface area contributed by atoms with Crippen molar-refractivity contribution in [1.82, 2.24) is 5.32 Å². The van der Waals surface area contributed by atoms with Crippen molar-refractivity contribution in [3.63, 3.8) is 0 Å². The van der Waals surface area contributed by atoms with Crippen LogP contribution in [0.3, 0.4) is 0 Å². The van der Waals surface area contributed by atoms with Crippen molar-refractivity contribution >= 4 is 5.91 Å². The zero-order valence-electron chi connectivity index (χ0n) is 17.5. The molecule has 0 aliphatic carbocycles. The van der Waals surface area contributed by atoms with Gasteiger partial charge in [-0.2, -0.15) is 0 Å². The first-order chi connectivity index (χ1) is 13.7. The van der Waals surface area contributed by atoms with Gasteiger partial charge in [0, 0.05) is 6.54 Å².